The highest BCUT2D eigenvalue weighted by Gasteiger charge is 2.27. The van der Waals surface area contributed by atoms with Gasteiger partial charge in [-0.25, -0.2) is 4.98 Å². The molecular weight excluding hydrogens is 327 g/mol. The van der Waals surface area contributed by atoms with Crippen LogP contribution in [0.3, 0.4) is 0 Å². The SMILES string of the molecule is COc1ccc(CNC[C@@H](O)CP(=O)(O)CC2CCCCC2)cn1. The molecule has 3 N–H and O–H groups in total. The number of hydrogen-bond acceptors (Lipinski definition) is 5. The molecule has 0 spiro atoms. The molecule has 1 heterocycles. The molecule has 1 aliphatic rings. The highest BCUT2D eigenvalue weighted by Crippen LogP contribution is 2.45. The molecule has 0 amide bonds. The van der Waals surface area contributed by atoms with E-state index in [0.717, 1.165) is 31.2 Å². The van der Waals surface area contributed by atoms with Crippen LogP contribution in [0.1, 0.15) is 37.7 Å². The van der Waals surface area contributed by atoms with Crippen molar-refractivity contribution >= 4 is 7.37 Å². The molecule has 1 aliphatic carbocycles. The number of hydrogen-bond donors (Lipinski definition) is 3. The van der Waals surface area contributed by atoms with Crippen molar-refractivity contribution in [3.05, 3.63) is 23.9 Å². The van der Waals surface area contributed by atoms with Crippen LogP contribution < -0.4 is 10.1 Å². The molecule has 136 valence electrons. The van der Waals surface area contributed by atoms with E-state index in [-0.39, 0.29) is 6.16 Å². The lowest BCUT2D eigenvalue weighted by molar-refractivity contribution is 0.189. The van der Waals surface area contributed by atoms with E-state index in [1.165, 1.54) is 6.42 Å². The van der Waals surface area contributed by atoms with Crippen LogP contribution in [0.25, 0.3) is 0 Å². The Kier molecular flexibility index (Phi) is 7.69. The summed E-state index contributed by atoms with van der Waals surface area (Å²) in [4.78, 5) is 14.3. The maximum absolute atomic E-state index is 12.3. The summed E-state index contributed by atoms with van der Waals surface area (Å²) in [7, 11) is -1.69. The second-order valence-electron chi connectivity index (χ2n) is 6.71. The molecular formula is C17H29N2O4P. The van der Waals surface area contributed by atoms with E-state index in [4.69, 9.17) is 4.74 Å². The summed E-state index contributed by atoms with van der Waals surface area (Å²) in [6.07, 6.45) is 6.86. The first-order valence-corrected chi connectivity index (χ1v) is 10.7. The van der Waals surface area contributed by atoms with Gasteiger partial charge in [0.25, 0.3) is 0 Å². The summed E-state index contributed by atoms with van der Waals surface area (Å²) in [5.74, 6) is 0.905. The van der Waals surface area contributed by atoms with Gasteiger partial charge in [0.1, 0.15) is 0 Å². The van der Waals surface area contributed by atoms with Crippen LogP contribution in [0, 0.1) is 5.92 Å². The third-order valence-corrected chi connectivity index (χ3v) is 6.56. The summed E-state index contributed by atoms with van der Waals surface area (Å²) in [6, 6.07) is 3.67. The van der Waals surface area contributed by atoms with Crippen LogP contribution in [-0.4, -0.2) is 47.1 Å². The first-order valence-electron chi connectivity index (χ1n) is 8.67. The van der Waals surface area contributed by atoms with E-state index in [0.29, 0.717) is 31.0 Å². The Balaban J connectivity index is 1.69. The Morgan fingerprint density at radius 1 is 1.38 bits per heavy atom. The van der Waals surface area contributed by atoms with Gasteiger partial charge in [0, 0.05) is 31.5 Å². The van der Waals surface area contributed by atoms with Crippen LogP contribution >= 0.6 is 7.37 Å². The monoisotopic (exact) mass is 356 g/mol. The fourth-order valence-electron chi connectivity index (χ4n) is 3.26. The second-order valence-corrected chi connectivity index (χ2v) is 9.13. The average molecular weight is 356 g/mol. The Morgan fingerprint density at radius 2 is 2.12 bits per heavy atom. The first kappa shape index (κ1) is 19.4. The summed E-state index contributed by atoms with van der Waals surface area (Å²) >= 11 is 0. The van der Waals surface area contributed by atoms with E-state index < -0.39 is 13.5 Å². The third kappa shape index (κ3) is 6.89. The van der Waals surface area contributed by atoms with Gasteiger partial charge in [-0.05, 0) is 24.3 Å². The van der Waals surface area contributed by atoms with Crippen molar-refractivity contribution in [3.63, 3.8) is 0 Å². The number of ether oxygens (including phenoxy) is 1. The molecule has 6 nitrogen and oxygen atoms in total. The number of aliphatic hydroxyl groups excluding tert-OH is 1. The quantitative estimate of drug-likeness (QED) is 0.589. The molecule has 24 heavy (non-hydrogen) atoms. The Hall–Kier alpha value is -0.940. The number of pyridine rings is 1. The van der Waals surface area contributed by atoms with Gasteiger partial charge in [0.2, 0.25) is 13.2 Å². The highest BCUT2D eigenvalue weighted by molar-refractivity contribution is 7.58. The van der Waals surface area contributed by atoms with Crippen molar-refractivity contribution < 1.29 is 19.3 Å². The predicted molar refractivity (Wildman–Crippen MR) is 94.6 cm³/mol. The Bertz CT molecular complexity index is 532. The Morgan fingerprint density at radius 3 is 2.75 bits per heavy atom. The molecule has 1 saturated carbocycles. The van der Waals surface area contributed by atoms with Gasteiger partial charge in [0.15, 0.2) is 0 Å². The highest BCUT2D eigenvalue weighted by atomic mass is 31.2. The largest absolute Gasteiger partial charge is 0.481 e. The van der Waals surface area contributed by atoms with Gasteiger partial charge in [-0.1, -0.05) is 25.3 Å². The van der Waals surface area contributed by atoms with E-state index >= 15 is 0 Å². The molecule has 2 atom stereocenters. The molecule has 1 unspecified atom stereocenters. The van der Waals surface area contributed by atoms with Crippen LogP contribution in [0.15, 0.2) is 18.3 Å². The van der Waals surface area contributed by atoms with Gasteiger partial charge in [-0.3, -0.25) is 4.57 Å². The van der Waals surface area contributed by atoms with E-state index in [9.17, 15) is 14.6 Å². The normalized spacial score (nSPS) is 19.6. The number of methoxy groups -OCH3 is 1. The summed E-state index contributed by atoms with van der Waals surface area (Å²) in [5, 5.41) is 13.1. The van der Waals surface area contributed by atoms with Crippen LogP contribution in [0.4, 0.5) is 0 Å². The van der Waals surface area contributed by atoms with Gasteiger partial charge < -0.3 is 20.1 Å². The number of rotatable bonds is 9. The second kappa shape index (κ2) is 9.52. The van der Waals surface area contributed by atoms with Crippen LogP contribution in [0.5, 0.6) is 5.88 Å². The molecule has 2 rings (SSSR count). The van der Waals surface area contributed by atoms with Crippen molar-refractivity contribution in [1.82, 2.24) is 10.3 Å². The molecule has 0 bridgehead atoms. The minimum atomic E-state index is -3.26. The smallest absolute Gasteiger partial charge is 0.212 e. The maximum atomic E-state index is 12.3. The first-order chi connectivity index (χ1) is 11.5. The molecule has 0 radical (unpaired) electrons. The van der Waals surface area contributed by atoms with Crippen molar-refractivity contribution in [3.8, 4) is 5.88 Å². The van der Waals surface area contributed by atoms with Crippen LogP contribution in [0.2, 0.25) is 0 Å². The fourth-order valence-corrected chi connectivity index (χ4v) is 5.37. The van der Waals surface area contributed by atoms with E-state index in [1.807, 2.05) is 6.07 Å². The average Bonchev–Trinajstić information content (AvgIpc) is 2.55. The lowest BCUT2D eigenvalue weighted by Crippen LogP contribution is -2.30. The minimum Gasteiger partial charge on any atom is -0.481 e. The summed E-state index contributed by atoms with van der Waals surface area (Å²) in [5.41, 5.74) is 0.970. The standard InChI is InChI=1S/C17H29N2O4P/c1-23-17-8-7-15(10-19-17)9-18-11-16(20)13-24(21,22)12-14-5-3-2-4-6-14/h7-8,10,14,16,18,20H,2-6,9,11-13H2,1H3,(H,21,22)/t16-/m1/s1. The van der Waals surface area contributed by atoms with Crippen molar-refractivity contribution in [2.45, 2.75) is 44.8 Å². The lowest BCUT2D eigenvalue weighted by Gasteiger charge is -2.25. The van der Waals surface area contributed by atoms with E-state index in [1.54, 1.807) is 19.4 Å². The zero-order valence-corrected chi connectivity index (χ0v) is 15.3. The van der Waals surface area contributed by atoms with Gasteiger partial charge in [0.05, 0.1) is 19.4 Å². The predicted octanol–water partition coefficient (Wildman–Crippen LogP) is 2.39. The zero-order chi connectivity index (χ0) is 17.4. The maximum Gasteiger partial charge on any atom is 0.212 e. The van der Waals surface area contributed by atoms with Crippen molar-refractivity contribution in [2.24, 2.45) is 5.92 Å². The summed E-state index contributed by atoms with van der Waals surface area (Å²) < 4.78 is 17.3. The molecule has 0 aromatic carbocycles. The molecule has 1 fully saturated rings. The van der Waals surface area contributed by atoms with Crippen LogP contribution in [-0.2, 0) is 11.1 Å². The van der Waals surface area contributed by atoms with Gasteiger partial charge in [-0.2, -0.15) is 0 Å². The lowest BCUT2D eigenvalue weighted by atomic mass is 9.91. The van der Waals surface area contributed by atoms with Crippen molar-refractivity contribution in [1.29, 1.82) is 0 Å². The molecule has 1 aromatic rings. The summed E-state index contributed by atoms with van der Waals surface area (Å²) in [6.45, 7) is 0.841. The minimum absolute atomic E-state index is 0.0304. The molecule has 0 aliphatic heterocycles. The Labute approximate surface area is 144 Å². The number of aromatic nitrogens is 1. The molecule has 1 aromatic heterocycles. The number of nitrogens with one attached hydrogen (secondary N) is 1. The molecule has 7 heteroatoms. The molecule has 0 saturated heterocycles. The van der Waals surface area contributed by atoms with Gasteiger partial charge >= 0.3 is 0 Å². The number of nitrogens with zero attached hydrogens (tertiary/aromatic N) is 1. The fraction of sp³-hybridized carbons (Fsp3) is 0.706. The third-order valence-electron chi connectivity index (χ3n) is 4.48. The number of aliphatic hydroxyl groups is 1. The van der Waals surface area contributed by atoms with Crippen molar-refractivity contribution in [2.75, 3.05) is 26.0 Å². The van der Waals surface area contributed by atoms with Gasteiger partial charge in [-0.15, -0.1) is 0 Å². The van der Waals surface area contributed by atoms with E-state index in [2.05, 4.69) is 10.3 Å². The topological polar surface area (TPSA) is 91.7 Å². The zero-order valence-electron chi connectivity index (χ0n) is 14.4.